The second kappa shape index (κ2) is 7.04. The fourth-order valence-corrected chi connectivity index (χ4v) is 2.40. The number of carboxylic acid groups (broad SMARTS) is 1. The summed E-state index contributed by atoms with van der Waals surface area (Å²) >= 11 is 0. The molecular formula is C14H26N2O4. The molecule has 4 N–H and O–H groups in total. The van der Waals surface area contributed by atoms with Gasteiger partial charge in [0.15, 0.2) is 0 Å². The van der Waals surface area contributed by atoms with Crippen molar-refractivity contribution in [2.45, 2.75) is 52.2 Å². The molecule has 1 aliphatic heterocycles. The van der Waals surface area contributed by atoms with Crippen molar-refractivity contribution in [2.24, 2.45) is 17.1 Å². The summed E-state index contributed by atoms with van der Waals surface area (Å²) in [6.07, 6.45) is 1.38. The molecule has 0 aromatic heterocycles. The second-order valence-corrected chi connectivity index (χ2v) is 6.60. The van der Waals surface area contributed by atoms with E-state index in [0.717, 1.165) is 6.42 Å². The highest BCUT2D eigenvalue weighted by Gasteiger charge is 2.31. The van der Waals surface area contributed by atoms with Gasteiger partial charge in [-0.1, -0.05) is 20.8 Å². The number of nitrogens with two attached hydrogens (primary N) is 1. The van der Waals surface area contributed by atoms with Gasteiger partial charge in [0.2, 0.25) is 5.91 Å². The molecule has 1 saturated heterocycles. The first-order valence-corrected chi connectivity index (χ1v) is 7.09. The third kappa shape index (κ3) is 5.46. The maximum Gasteiger partial charge on any atom is 0.308 e. The highest BCUT2D eigenvalue weighted by Crippen LogP contribution is 2.24. The predicted octanol–water partition coefficient (Wildman–Crippen LogP) is 0.746. The summed E-state index contributed by atoms with van der Waals surface area (Å²) in [5.74, 6) is -1.70. The fraction of sp³-hybridized carbons (Fsp3) is 0.857. The summed E-state index contributed by atoms with van der Waals surface area (Å²) in [4.78, 5) is 23.1. The Balaban J connectivity index is 2.43. The lowest BCUT2D eigenvalue weighted by Gasteiger charge is -2.24. The zero-order valence-corrected chi connectivity index (χ0v) is 12.5. The number of carbonyl (C=O) groups excluding carboxylic acids is 1. The first-order chi connectivity index (χ1) is 9.23. The molecule has 0 aliphatic carbocycles. The maximum atomic E-state index is 11.9. The summed E-state index contributed by atoms with van der Waals surface area (Å²) in [6.45, 7) is 6.49. The van der Waals surface area contributed by atoms with Crippen LogP contribution in [-0.4, -0.2) is 42.3 Å². The van der Waals surface area contributed by atoms with Gasteiger partial charge in [-0.05, 0) is 24.7 Å². The molecule has 0 saturated carbocycles. The van der Waals surface area contributed by atoms with E-state index in [9.17, 15) is 14.7 Å². The van der Waals surface area contributed by atoms with Crippen molar-refractivity contribution in [2.75, 3.05) is 13.1 Å². The van der Waals surface area contributed by atoms with Crippen LogP contribution in [0.25, 0.3) is 0 Å². The Bertz CT molecular complexity index is 352. The van der Waals surface area contributed by atoms with Gasteiger partial charge in [-0.2, -0.15) is 0 Å². The lowest BCUT2D eigenvalue weighted by atomic mass is 9.84. The molecule has 0 spiro atoms. The monoisotopic (exact) mass is 286 g/mol. The SMILES string of the molecule is CC(C)(C)CC(CNC(=O)C1CCC(CN)O1)C(=O)O. The molecule has 1 fully saturated rings. The molecule has 20 heavy (non-hydrogen) atoms. The highest BCUT2D eigenvalue weighted by atomic mass is 16.5. The average molecular weight is 286 g/mol. The second-order valence-electron chi connectivity index (χ2n) is 6.60. The van der Waals surface area contributed by atoms with E-state index in [-0.39, 0.29) is 24.0 Å². The number of nitrogens with one attached hydrogen (secondary N) is 1. The summed E-state index contributed by atoms with van der Waals surface area (Å²) in [7, 11) is 0. The first-order valence-electron chi connectivity index (χ1n) is 7.09. The van der Waals surface area contributed by atoms with Gasteiger partial charge in [0.1, 0.15) is 6.10 Å². The Labute approximate surface area is 120 Å². The largest absolute Gasteiger partial charge is 0.481 e. The van der Waals surface area contributed by atoms with Crippen molar-refractivity contribution in [3.05, 3.63) is 0 Å². The van der Waals surface area contributed by atoms with E-state index in [2.05, 4.69) is 5.32 Å². The van der Waals surface area contributed by atoms with Crippen LogP contribution in [0.2, 0.25) is 0 Å². The third-order valence-corrected chi connectivity index (χ3v) is 3.39. The van der Waals surface area contributed by atoms with Crippen LogP contribution < -0.4 is 11.1 Å². The predicted molar refractivity (Wildman–Crippen MR) is 75.2 cm³/mol. The average Bonchev–Trinajstić information content (AvgIpc) is 2.81. The minimum atomic E-state index is -0.882. The van der Waals surface area contributed by atoms with Gasteiger partial charge >= 0.3 is 5.97 Å². The number of hydrogen-bond donors (Lipinski definition) is 3. The first kappa shape index (κ1) is 16.9. The van der Waals surface area contributed by atoms with Crippen molar-refractivity contribution in [3.8, 4) is 0 Å². The van der Waals surface area contributed by atoms with Crippen LogP contribution in [0.4, 0.5) is 0 Å². The van der Waals surface area contributed by atoms with E-state index >= 15 is 0 Å². The van der Waals surface area contributed by atoms with Gasteiger partial charge in [0, 0.05) is 13.1 Å². The molecule has 1 heterocycles. The molecule has 0 aromatic carbocycles. The van der Waals surface area contributed by atoms with Gasteiger partial charge in [-0.3, -0.25) is 9.59 Å². The van der Waals surface area contributed by atoms with Crippen LogP contribution in [0.15, 0.2) is 0 Å². The standard InChI is InChI=1S/C14H26N2O4/c1-14(2,3)6-9(13(18)19)8-16-12(17)11-5-4-10(7-15)20-11/h9-11H,4-8,15H2,1-3H3,(H,16,17)(H,18,19). The molecule has 116 valence electrons. The topological polar surface area (TPSA) is 102 Å². The Kier molecular flexibility index (Phi) is 5.95. The lowest BCUT2D eigenvalue weighted by molar-refractivity contribution is -0.143. The Morgan fingerprint density at radius 1 is 1.40 bits per heavy atom. The molecule has 6 nitrogen and oxygen atoms in total. The van der Waals surface area contributed by atoms with E-state index in [1.165, 1.54) is 0 Å². The Morgan fingerprint density at radius 2 is 2.05 bits per heavy atom. The summed E-state index contributed by atoms with van der Waals surface area (Å²) in [6, 6.07) is 0. The quantitative estimate of drug-likeness (QED) is 0.668. The third-order valence-electron chi connectivity index (χ3n) is 3.39. The van der Waals surface area contributed by atoms with Crippen molar-refractivity contribution < 1.29 is 19.4 Å². The highest BCUT2D eigenvalue weighted by molar-refractivity contribution is 5.81. The van der Waals surface area contributed by atoms with Crippen LogP contribution in [0.5, 0.6) is 0 Å². The number of ether oxygens (including phenoxy) is 1. The van der Waals surface area contributed by atoms with Crippen LogP contribution in [-0.2, 0) is 14.3 Å². The van der Waals surface area contributed by atoms with Crippen molar-refractivity contribution in [1.29, 1.82) is 0 Å². The number of carbonyl (C=O) groups is 2. The van der Waals surface area contributed by atoms with E-state index in [1.807, 2.05) is 20.8 Å². The lowest BCUT2D eigenvalue weighted by Crippen LogP contribution is -2.40. The minimum Gasteiger partial charge on any atom is -0.481 e. The van der Waals surface area contributed by atoms with Crippen LogP contribution in [0.3, 0.4) is 0 Å². The van der Waals surface area contributed by atoms with Crippen LogP contribution in [0, 0.1) is 11.3 Å². The zero-order chi connectivity index (χ0) is 15.3. The number of rotatable bonds is 6. The molecule has 0 bridgehead atoms. The van der Waals surface area contributed by atoms with E-state index in [0.29, 0.717) is 19.4 Å². The van der Waals surface area contributed by atoms with Crippen molar-refractivity contribution in [1.82, 2.24) is 5.32 Å². The maximum absolute atomic E-state index is 11.9. The summed E-state index contributed by atoms with van der Waals surface area (Å²) in [5, 5.41) is 11.9. The molecule has 0 radical (unpaired) electrons. The molecule has 3 unspecified atom stereocenters. The fourth-order valence-electron chi connectivity index (χ4n) is 2.40. The number of amides is 1. The molecule has 6 heteroatoms. The van der Waals surface area contributed by atoms with E-state index < -0.39 is 18.0 Å². The van der Waals surface area contributed by atoms with E-state index in [4.69, 9.17) is 10.5 Å². The number of hydrogen-bond acceptors (Lipinski definition) is 4. The molecular weight excluding hydrogens is 260 g/mol. The molecule has 0 aromatic rings. The molecule has 1 rings (SSSR count). The summed E-state index contributed by atoms with van der Waals surface area (Å²) < 4.78 is 5.48. The van der Waals surface area contributed by atoms with Crippen LogP contribution >= 0.6 is 0 Å². The zero-order valence-electron chi connectivity index (χ0n) is 12.5. The van der Waals surface area contributed by atoms with Crippen molar-refractivity contribution >= 4 is 11.9 Å². The Hall–Kier alpha value is -1.14. The minimum absolute atomic E-state index is 0.0596. The van der Waals surface area contributed by atoms with Crippen molar-refractivity contribution in [3.63, 3.8) is 0 Å². The van der Waals surface area contributed by atoms with Gasteiger partial charge in [0.05, 0.1) is 12.0 Å². The molecule has 1 amide bonds. The van der Waals surface area contributed by atoms with Gasteiger partial charge in [-0.15, -0.1) is 0 Å². The van der Waals surface area contributed by atoms with E-state index in [1.54, 1.807) is 0 Å². The molecule has 1 aliphatic rings. The Morgan fingerprint density at radius 3 is 2.50 bits per heavy atom. The van der Waals surface area contributed by atoms with Crippen LogP contribution in [0.1, 0.15) is 40.0 Å². The van der Waals surface area contributed by atoms with Gasteiger partial charge < -0.3 is 20.9 Å². The summed E-state index contributed by atoms with van der Waals surface area (Å²) in [5.41, 5.74) is 5.40. The normalized spacial score (nSPS) is 24.4. The van der Waals surface area contributed by atoms with Gasteiger partial charge in [0.25, 0.3) is 0 Å². The smallest absolute Gasteiger partial charge is 0.308 e. The van der Waals surface area contributed by atoms with Gasteiger partial charge in [-0.25, -0.2) is 0 Å². The number of carboxylic acids is 1. The number of aliphatic carboxylic acids is 1. The molecule has 3 atom stereocenters.